The average molecular weight is 283 g/mol. The zero-order chi connectivity index (χ0) is 14.4. The van der Waals surface area contributed by atoms with Crippen LogP contribution in [0.3, 0.4) is 0 Å². The third-order valence-corrected chi connectivity index (χ3v) is 5.16. The first-order valence-electron chi connectivity index (χ1n) is 8.20. The Hall–Kier alpha value is -0.610. The van der Waals surface area contributed by atoms with Gasteiger partial charge in [0.2, 0.25) is 5.91 Å². The molecule has 0 aromatic heterocycles. The lowest BCUT2D eigenvalue weighted by atomic mass is 9.66. The predicted molar refractivity (Wildman–Crippen MR) is 78.4 cm³/mol. The van der Waals surface area contributed by atoms with E-state index in [2.05, 4.69) is 5.32 Å². The number of carbonyl (C=O) groups is 1. The quantitative estimate of drug-likeness (QED) is 0.705. The lowest BCUT2D eigenvalue weighted by Crippen LogP contribution is -2.50. The molecular weight excluding hydrogens is 254 g/mol. The maximum atomic E-state index is 12.5. The van der Waals surface area contributed by atoms with Gasteiger partial charge in [0, 0.05) is 25.9 Å². The number of hydrogen-bond acceptors (Lipinski definition) is 3. The van der Waals surface area contributed by atoms with Crippen LogP contribution in [0.25, 0.3) is 0 Å². The van der Waals surface area contributed by atoms with E-state index in [9.17, 15) is 4.79 Å². The summed E-state index contributed by atoms with van der Waals surface area (Å²) < 4.78 is 5.43. The van der Waals surface area contributed by atoms with Crippen molar-refractivity contribution < 1.29 is 14.6 Å². The van der Waals surface area contributed by atoms with Crippen LogP contribution in [0, 0.1) is 11.3 Å². The number of carbonyl (C=O) groups excluding carboxylic acids is 1. The van der Waals surface area contributed by atoms with Gasteiger partial charge in [0.05, 0.1) is 5.41 Å². The average Bonchev–Trinajstić information content (AvgIpc) is 2.42. The summed E-state index contributed by atoms with van der Waals surface area (Å²) in [6, 6.07) is 0.315. The van der Waals surface area contributed by atoms with E-state index in [-0.39, 0.29) is 11.3 Å². The fourth-order valence-electron chi connectivity index (χ4n) is 3.43. The molecule has 116 valence electrons. The minimum atomic E-state index is -0.150. The molecule has 2 aliphatic rings. The molecule has 4 heteroatoms. The van der Waals surface area contributed by atoms with Crippen molar-refractivity contribution in [1.82, 2.24) is 5.32 Å². The molecule has 0 saturated heterocycles. The Morgan fingerprint density at radius 1 is 1.30 bits per heavy atom. The molecule has 2 N–H and O–H groups in total. The fraction of sp³-hybridized carbons (Fsp3) is 0.938. The predicted octanol–water partition coefficient (Wildman–Crippen LogP) is 2.25. The van der Waals surface area contributed by atoms with Gasteiger partial charge in [-0.15, -0.1) is 0 Å². The SMILES string of the molecule is CCOCCC1(C(=O)NC2CCC(CO)CC2)CCC1. The summed E-state index contributed by atoms with van der Waals surface area (Å²) in [5, 5.41) is 12.4. The fourth-order valence-corrected chi connectivity index (χ4v) is 3.43. The molecule has 2 rings (SSSR count). The van der Waals surface area contributed by atoms with E-state index >= 15 is 0 Å². The molecule has 20 heavy (non-hydrogen) atoms. The van der Waals surface area contributed by atoms with Crippen molar-refractivity contribution >= 4 is 5.91 Å². The lowest BCUT2D eigenvalue weighted by molar-refractivity contribution is -0.138. The van der Waals surface area contributed by atoms with E-state index in [0.29, 0.717) is 25.2 Å². The van der Waals surface area contributed by atoms with Crippen LogP contribution >= 0.6 is 0 Å². The largest absolute Gasteiger partial charge is 0.396 e. The smallest absolute Gasteiger partial charge is 0.226 e. The van der Waals surface area contributed by atoms with Crippen LogP contribution < -0.4 is 5.32 Å². The van der Waals surface area contributed by atoms with Gasteiger partial charge in [-0.25, -0.2) is 0 Å². The number of amides is 1. The van der Waals surface area contributed by atoms with Crippen LogP contribution in [0.2, 0.25) is 0 Å². The molecule has 1 amide bonds. The normalized spacial score (nSPS) is 28.7. The Morgan fingerprint density at radius 2 is 2.00 bits per heavy atom. The van der Waals surface area contributed by atoms with Crippen LogP contribution in [-0.4, -0.2) is 36.9 Å². The van der Waals surface area contributed by atoms with Gasteiger partial charge in [-0.3, -0.25) is 4.79 Å². The van der Waals surface area contributed by atoms with Crippen LogP contribution in [0.1, 0.15) is 58.3 Å². The summed E-state index contributed by atoms with van der Waals surface area (Å²) in [5.41, 5.74) is -0.150. The molecule has 0 aromatic rings. The van der Waals surface area contributed by atoms with Crippen LogP contribution in [0.4, 0.5) is 0 Å². The first-order chi connectivity index (χ1) is 9.70. The minimum Gasteiger partial charge on any atom is -0.396 e. The van der Waals surface area contributed by atoms with E-state index in [4.69, 9.17) is 9.84 Å². The number of aliphatic hydroxyl groups is 1. The summed E-state index contributed by atoms with van der Waals surface area (Å²) in [5.74, 6) is 0.690. The first-order valence-corrected chi connectivity index (χ1v) is 8.20. The van der Waals surface area contributed by atoms with Crippen molar-refractivity contribution in [2.45, 2.75) is 64.3 Å². The van der Waals surface area contributed by atoms with E-state index in [0.717, 1.165) is 58.0 Å². The molecule has 0 bridgehead atoms. The van der Waals surface area contributed by atoms with Crippen molar-refractivity contribution in [2.75, 3.05) is 19.8 Å². The molecule has 2 aliphatic carbocycles. The van der Waals surface area contributed by atoms with Gasteiger partial charge in [-0.05, 0) is 57.8 Å². The molecular formula is C16H29NO3. The zero-order valence-electron chi connectivity index (χ0n) is 12.7. The van der Waals surface area contributed by atoms with Crippen molar-refractivity contribution in [2.24, 2.45) is 11.3 Å². The minimum absolute atomic E-state index is 0.150. The van der Waals surface area contributed by atoms with Gasteiger partial charge in [0.25, 0.3) is 0 Å². The van der Waals surface area contributed by atoms with E-state index in [1.165, 1.54) is 0 Å². The Bertz CT molecular complexity index is 307. The highest BCUT2D eigenvalue weighted by Gasteiger charge is 2.44. The summed E-state index contributed by atoms with van der Waals surface area (Å²) >= 11 is 0. The van der Waals surface area contributed by atoms with E-state index < -0.39 is 0 Å². The van der Waals surface area contributed by atoms with Crippen LogP contribution in [0.5, 0.6) is 0 Å². The van der Waals surface area contributed by atoms with E-state index in [1.54, 1.807) is 0 Å². The second-order valence-corrected chi connectivity index (χ2v) is 6.45. The Kier molecular flexibility index (Phi) is 5.85. The number of rotatable bonds is 7. The third-order valence-electron chi connectivity index (χ3n) is 5.16. The highest BCUT2D eigenvalue weighted by molar-refractivity contribution is 5.83. The summed E-state index contributed by atoms with van der Waals surface area (Å²) in [6.07, 6.45) is 8.14. The molecule has 0 unspecified atom stereocenters. The van der Waals surface area contributed by atoms with Gasteiger partial charge in [-0.2, -0.15) is 0 Å². The Labute approximate surface area is 122 Å². The van der Waals surface area contributed by atoms with Gasteiger partial charge >= 0.3 is 0 Å². The van der Waals surface area contributed by atoms with Crippen LogP contribution in [0.15, 0.2) is 0 Å². The Balaban J connectivity index is 1.78. The maximum Gasteiger partial charge on any atom is 0.226 e. The molecule has 0 atom stereocenters. The highest BCUT2D eigenvalue weighted by atomic mass is 16.5. The van der Waals surface area contributed by atoms with E-state index in [1.807, 2.05) is 6.92 Å². The van der Waals surface area contributed by atoms with Gasteiger partial charge in [0.15, 0.2) is 0 Å². The topological polar surface area (TPSA) is 58.6 Å². The zero-order valence-corrected chi connectivity index (χ0v) is 12.7. The van der Waals surface area contributed by atoms with Crippen molar-refractivity contribution in [3.63, 3.8) is 0 Å². The number of ether oxygens (including phenoxy) is 1. The first kappa shape index (κ1) is 15.8. The van der Waals surface area contributed by atoms with Gasteiger partial charge in [-0.1, -0.05) is 6.42 Å². The molecule has 0 aromatic carbocycles. The number of nitrogens with one attached hydrogen (secondary N) is 1. The second kappa shape index (κ2) is 7.41. The summed E-state index contributed by atoms with van der Waals surface area (Å²) in [4.78, 5) is 12.5. The van der Waals surface area contributed by atoms with Crippen molar-refractivity contribution in [3.05, 3.63) is 0 Å². The van der Waals surface area contributed by atoms with Gasteiger partial charge in [0.1, 0.15) is 0 Å². The maximum absolute atomic E-state index is 12.5. The molecule has 4 nitrogen and oxygen atoms in total. The molecule has 2 fully saturated rings. The molecule has 0 heterocycles. The summed E-state index contributed by atoms with van der Waals surface area (Å²) in [7, 11) is 0. The Morgan fingerprint density at radius 3 is 2.50 bits per heavy atom. The third kappa shape index (κ3) is 3.73. The molecule has 0 aliphatic heterocycles. The molecule has 2 saturated carbocycles. The number of aliphatic hydroxyl groups excluding tert-OH is 1. The standard InChI is InChI=1S/C16H29NO3/c1-2-20-11-10-16(8-3-9-16)15(19)17-14-6-4-13(12-18)5-7-14/h13-14,18H,2-12H2,1H3,(H,17,19). The lowest BCUT2D eigenvalue weighted by Gasteiger charge is -2.42. The molecule has 0 radical (unpaired) electrons. The monoisotopic (exact) mass is 283 g/mol. The molecule has 0 spiro atoms. The van der Waals surface area contributed by atoms with Crippen LogP contribution in [-0.2, 0) is 9.53 Å². The van der Waals surface area contributed by atoms with Crippen molar-refractivity contribution in [1.29, 1.82) is 0 Å². The number of hydrogen-bond donors (Lipinski definition) is 2. The van der Waals surface area contributed by atoms with Gasteiger partial charge < -0.3 is 15.2 Å². The highest BCUT2D eigenvalue weighted by Crippen LogP contribution is 2.44. The second-order valence-electron chi connectivity index (χ2n) is 6.45. The van der Waals surface area contributed by atoms with Crippen molar-refractivity contribution in [3.8, 4) is 0 Å². The summed E-state index contributed by atoms with van der Waals surface area (Å²) in [6.45, 7) is 3.70.